The molecule has 70 valence electrons. The van der Waals surface area contributed by atoms with E-state index in [-0.39, 0.29) is 0 Å². The van der Waals surface area contributed by atoms with Gasteiger partial charge in [-0.1, -0.05) is 31.3 Å². The molecule has 2 atom stereocenters. The second kappa shape index (κ2) is 7.09. The van der Waals surface area contributed by atoms with Gasteiger partial charge in [0.05, 0.1) is 0 Å². The summed E-state index contributed by atoms with van der Waals surface area (Å²) in [6, 6.07) is 0. The molecule has 0 amide bonds. The normalized spacial score (nSPS) is 14.8. The predicted octanol–water partition coefficient (Wildman–Crippen LogP) is 2.08. The van der Waals surface area contributed by atoms with Crippen LogP contribution in [0.5, 0.6) is 0 Å². The fourth-order valence-corrected chi connectivity index (χ4v) is 1.30. The van der Waals surface area contributed by atoms with Crippen LogP contribution in [-0.4, -0.2) is 14.1 Å². The van der Waals surface area contributed by atoms with Crippen LogP contribution in [-0.2, 0) is 11.1 Å². The van der Waals surface area contributed by atoms with Gasteiger partial charge in [-0.2, -0.15) is 0 Å². The molecule has 6 heteroatoms. The quantitative estimate of drug-likeness (QED) is 0.211. The van der Waals surface area contributed by atoms with Gasteiger partial charge in [0.1, 0.15) is 5.37 Å². The van der Waals surface area contributed by atoms with Crippen LogP contribution in [0, 0.1) is 0 Å². The lowest BCUT2D eigenvalue weighted by Crippen LogP contribution is -2.10. The largest absolute Gasteiger partial charge is 0.772 e. The number of unbranched alkanes of at least 4 members (excludes halogenated alkanes) is 2. The smallest absolute Gasteiger partial charge is 0.100 e. The Bertz CT molecular complexity index is 189. The van der Waals surface area contributed by atoms with Crippen molar-refractivity contribution in [3.63, 3.8) is 0 Å². The zero-order chi connectivity index (χ0) is 9.40. The van der Waals surface area contributed by atoms with E-state index >= 15 is 0 Å². The lowest BCUT2D eigenvalue weighted by atomic mass is 10.2. The number of rotatable bonds is 6. The van der Waals surface area contributed by atoms with Gasteiger partial charge in [0.2, 0.25) is 0 Å². The molecule has 0 rings (SSSR count). The van der Waals surface area contributed by atoms with Crippen molar-refractivity contribution in [2.24, 2.45) is 5.11 Å². The van der Waals surface area contributed by atoms with E-state index in [1.807, 2.05) is 6.92 Å². The summed E-state index contributed by atoms with van der Waals surface area (Å²) in [7, 11) is 0. The minimum absolute atomic E-state index is 0.425. The monoisotopic (exact) mass is 190 g/mol. The van der Waals surface area contributed by atoms with Crippen LogP contribution < -0.4 is 0 Å². The summed E-state index contributed by atoms with van der Waals surface area (Å²) < 4.78 is 20.8. The Kier molecular flexibility index (Phi) is 6.75. The van der Waals surface area contributed by atoms with Crippen molar-refractivity contribution < 1.29 is 8.76 Å². The Labute approximate surface area is 74.1 Å². The fraction of sp³-hybridized carbons (Fsp3) is 1.00. The third kappa shape index (κ3) is 5.12. The van der Waals surface area contributed by atoms with Gasteiger partial charge in [-0.15, -0.1) is 0 Å². The van der Waals surface area contributed by atoms with E-state index < -0.39 is 16.5 Å². The molecule has 0 heterocycles. The molecule has 0 saturated heterocycles. The summed E-state index contributed by atoms with van der Waals surface area (Å²) in [5, 5.41) is 2.28. The molecule has 0 aromatic carbocycles. The summed E-state index contributed by atoms with van der Waals surface area (Å²) in [5.74, 6) is 0. The summed E-state index contributed by atoms with van der Waals surface area (Å²) in [5.41, 5.74) is 8.03. The van der Waals surface area contributed by atoms with Gasteiger partial charge in [0, 0.05) is 4.91 Å². The number of azide groups is 1. The van der Waals surface area contributed by atoms with Crippen LogP contribution in [0.2, 0.25) is 0 Å². The van der Waals surface area contributed by atoms with Crippen LogP contribution in [0.25, 0.3) is 10.4 Å². The van der Waals surface area contributed by atoms with Crippen molar-refractivity contribution in [3.05, 3.63) is 10.4 Å². The molecule has 0 aliphatic rings. The zero-order valence-corrected chi connectivity index (χ0v) is 7.79. The maximum atomic E-state index is 10.4. The van der Waals surface area contributed by atoms with E-state index in [4.69, 9.17) is 5.53 Å². The summed E-state index contributed by atoms with van der Waals surface area (Å²) >= 11 is -2.28. The molecule has 0 bridgehead atoms. The SMILES string of the molecule is CCCCCC(N=[N+]=[N-])S(=O)[O-]. The molecule has 0 aromatic rings. The molecule has 0 spiro atoms. The first-order chi connectivity index (χ1) is 5.72. The van der Waals surface area contributed by atoms with Crippen molar-refractivity contribution in [2.75, 3.05) is 0 Å². The third-order valence-electron chi connectivity index (χ3n) is 1.46. The van der Waals surface area contributed by atoms with E-state index in [1.165, 1.54) is 0 Å². The molecular formula is C6H12N3O2S-. The number of hydrogen-bond acceptors (Lipinski definition) is 3. The standard InChI is InChI=1S/C6H13N3O2S/c1-2-3-4-5-6(8-9-7)12(10)11/h6H,2-5H2,1H3,(H,10,11)/p-1. The molecule has 0 aromatic heterocycles. The first-order valence-electron chi connectivity index (χ1n) is 3.84. The highest BCUT2D eigenvalue weighted by molar-refractivity contribution is 7.79. The van der Waals surface area contributed by atoms with E-state index in [0.717, 1.165) is 19.3 Å². The first kappa shape index (κ1) is 11.4. The Morgan fingerprint density at radius 3 is 2.75 bits per heavy atom. The lowest BCUT2D eigenvalue weighted by molar-refractivity contribution is 0.511. The van der Waals surface area contributed by atoms with Crippen molar-refractivity contribution in [2.45, 2.75) is 38.0 Å². The van der Waals surface area contributed by atoms with Gasteiger partial charge in [-0.05, 0) is 23.0 Å². The van der Waals surface area contributed by atoms with Crippen molar-refractivity contribution in [1.82, 2.24) is 0 Å². The van der Waals surface area contributed by atoms with Crippen LogP contribution >= 0.6 is 0 Å². The summed E-state index contributed by atoms with van der Waals surface area (Å²) in [4.78, 5) is 2.47. The average molecular weight is 190 g/mol. The third-order valence-corrected chi connectivity index (χ3v) is 2.23. The molecule has 0 N–H and O–H groups in total. The van der Waals surface area contributed by atoms with Gasteiger partial charge in [0.15, 0.2) is 0 Å². The molecule has 2 unspecified atom stereocenters. The molecular weight excluding hydrogens is 178 g/mol. The second-order valence-corrected chi connectivity index (χ2v) is 3.48. The molecule has 0 fully saturated rings. The van der Waals surface area contributed by atoms with Crippen molar-refractivity contribution in [1.29, 1.82) is 0 Å². The minimum atomic E-state index is -2.28. The molecule has 0 radical (unpaired) electrons. The Morgan fingerprint density at radius 2 is 2.33 bits per heavy atom. The average Bonchev–Trinajstić information content (AvgIpc) is 2.03. The van der Waals surface area contributed by atoms with Crippen LogP contribution in [0.4, 0.5) is 0 Å². The highest BCUT2D eigenvalue weighted by Crippen LogP contribution is 2.08. The van der Waals surface area contributed by atoms with Crippen molar-refractivity contribution in [3.8, 4) is 0 Å². The maximum absolute atomic E-state index is 10.4. The number of nitrogens with zero attached hydrogens (tertiary/aromatic N) is 3. The highest BCUT2D eigenvalue weighted by atomic mass is 32.2. The van der Waals surface area contributed by atoms with Crippen LogP contribution in [0.1, 0.15) is 32.6 Å². The van der Waals surface area contributed by atoms with Gasteiger partial charge in [-0.25, -0.2) is 0 Å². The molecule has 12 heavy (non-hydrogen) atoms. The number of hydrogen-bond donors (Lipinski definition) is 0. The Morgan fingerprint density at radius 1 is 1.67 bits per heavy atom. The van der Waals surface area contributed by atoms with Gasteiger partial charge < -0.3 is 4.55 Å². The topological polar surface area (TPSA) is 88.9 Å². The van der Waals surface area contributed by atoms with E-state index in [2.05, 4.69) is 10.0 Å². The van der Waals surface area contributed by atoms with E-state index in [9.17, 15) is 8.76 Å². The zero-order valence-electron chi connectivity index (χ0n) is 6.97. The summed E-state index contributed by atoms with van der Waals surface area (Å²) in [6.07, 6.45) is 3.20. The van der Waals surface area contributed by atoms with Gasteiger partial charge >= 0.3 is 0 Å². The molecule has 0 saturated carbocycles. The van der Waals surface area contributed by atoms with Gasteiger partial charge in [-0.3, -0.25) is 4.21 Å². The highest BCUT2D eigenvalue weighted by Gasteiger charge is 2.04. The van der Waals surface area contributed by atoms with Crippen LogP contribution in [0.3, 0.4) is 0 Å². The van der Waals surface area contributed by atoms with Crippen LogP contribution in [0.15, 0.2) is 5.11 Å². The minimum Gasteiger partial charge on any atom is -0.772 e. The maximum Gasteiger partial charge on any atom is 0.100 e. The second-order valence-electron chi connectivity index (χ2n) is 2.42. The van der Waals surface area contributed by atoms with E-state index in [0.29, 0.717) is 6.42 Å². The van der Waals surface area contributed by atoms with Gasteiger partial charge in [0.25, 0.3) is 0 Å². The Balaban J connectivity index is 3.79. The lowest BCUT2D eigenvalue weighted by Gasteiger charge is -2.12. The molecule has 0 aliphatic heterocycles. The Hall–Kier alpha value is -0.580. The molecule has 0 aliphatic carbocycles. The summed E-state index contributed by atoms with van der Waals surface area (Å²) in [6.45, 7) is 2.02. The first-order valence-corrected chi connectivity index (χ1v) is 4.98. The molecule has 5 nitrogen and oxygen atoms in total. The fourth-order valence-electron chi connectivity index (χ4n) is 0.819. The predicted molar refractivity (Wildman–Crippen MR) is 46.0 cm³/mol. The van der Waals surface area contributed by atoms with E-state index in [1.54, 1.807) is 0 Å². The van der Waals surface area contributed by atoms with Crippen molar-refractivity contribution >= 4 is 11.1 Å².